The molecule has 1 fully saturated rings. The van der Waals surface area contributed by atoms with Crippen molar-refractivity contribution < 1.29 is 9.53 Å². The van der Waals surface area contributed by atoms with Gasteiger partial charge in [-0.25, -0.2) is 9.97 Å². The summed E-state index contributed by atoms with van der Waals surface area (Å²) < 4.78 is 5.66. The minimum atomic E-state index is -0.137. The number of carbonyl (C=O) groups is 1. The number of rotatable bonds is 4. The van der Waals surface area contributed by atoms with Crippen molar-refractivity contribution in [2.75, 3.05) is 6.61 Å². The van der Waals surface area contributed by atoms with Crippen molar-refractivity contribution >= 4 is 5.91 Å². The molecule has 0 bridgehead atoms. The lowest BCUT2D eigenvalue weighted by molar-refractivity contribution is 0.00940. The van der Waals surface area contributed by atoms with Gasteiger partial charge in [-0.1, -0.05) is 0 Å². The Morgan fingerprint density at radius 1 is 1.23 bits per heavy atom. The quantitative estimate of drug-likeness (QED) is 0.934. The van der Waals surface area contributed by atoms with Crippen LogP contribution >= 0.6 is 0 Å². The third-order valence-corrected chi connectivity index (χ3v) is 3.59. The summed E-state index contributed by atoms with van der Waals surface area (Å²) in [7, 11) is 0. The van der Waals surface area contributed by atoms with E-state index in [9.17, 15) is 4.79 Å². The van der Waals surface area contributed by atoms with Crippen molar-refractivity contribution in [1.82, 2.24) is 20.3 Å². The molecule has 1 aliphatic rings. The van der Waals surface area contributed by atoms with Crippen LogP contribution in [0, 0.1) is 0 Å². The Hall–Kier alpha value is -2.34. The molecule has 0 aromatic carbocycles. The van der Waals surface area contributed by atoms with Crippen molar-refractivity contribution in [2.45, 2.75) is 31.9 Å². The molecule has 0 saturated carbocycles. The summed E-state index contributed by atoms with van der Waals surface area (Å²) in [6.45, 7) is 1.17. The molecule has 0 aliphatic carbocycles. The summed E-state index contributed by atoms with van der Waals surface area (Å²) in [6, 6.07) is 3.35. The van der Waals surface area contributed by atoms with Gasteiger partial charge >= 0.3 is 0 Å². The highest BCUT2D eigenvalue weighted by atomic mass is 16.5. The van der Waals surface area contributed by atoms with Gasteiger partial charge in [0.25, 0.3) is 5.91 Å². The van der Waals surface area contributed by atoms with E-state index in [4.69, 9.17) is 4.74 Å². The number of pyridine rings is 1. The predicted molar refractivity (Wildman–Crippen MR) is 80.0 cm³/mol. The predicted octanol–water partition coefficient (Wildman–Crippen LogP) is 2.04. The maximum Gasteiger partial charge on any atom is 0.251 e. The maximum atomic E-state index is 11.9. The molecule has 2 aromatic heterocycles. The zero-order chi connectivity index (χ0) is 15.2. The summed E-state index contributed by atoms with van der Waals surface area (Å²) in [5.41, 5.74) is 1.45. The highest BCUT2D eigenvalue weighted by Gasteiger charge is 2.18. The molecule has 1 aliphatic heterocycles. The molecule has 22 heavy (non-hydrogen) atoms. The number of nitrogens with one attached hydrogen (secondary N) is 1. The SMILES string of the molecule is O=C(NCc1cnc([C@@H]2CCCCO2)nc1)c1ccncc1. The number of nitrogens with zero attached hydrogens (tertiary/aromatic N) is 3. The first-order valence-corrected chi connectivity index (χ1v) is 7.43. The van der Waals surface area contributed by atoms with E-state index in [1.54, 1.807) is 36.9 Å². The molecule has 2 aromatic rings. The second-order valence-electron chi connectivity index (χ2n) is 5.22. The number of hydrogen-bond donors (Lipinski definition) is 1. The van der Waals surface area contributed by atoms with E-state index in [0.29, 0.717) is 12.1 Å². The lowest BCUT2D eigenvalue weighted by atomic mass is 10.1. The number of amides is 1. The van der Waals surface area contributed by atoms with Crippen LogP contribution in [0.2, 0.25) is 0 Å². The Morgan fingerprint density at radius 3 is 2.68 bits per heavy atom. The van der Waals surface area contributed by atoms with Gasteiger partial charge in [0.15, 0.2) is 5.82 Å². The lowest BCUT2D eigenvalue weighted by Crippen LogP contribution is -2.23. The first-order valence-electron chi connectivity index (χ1n) is 7.43. The smallest absolute Gasteiger partial charge is 0.251 e. The van der Waals surface area contributed by atoms with E-state index in [0.717, 1.165) is 37.3 Å². The highest BCUT2D eigenvalue weighted by Crippen LogP contribution is 2.24. The highest BCUT2D eigenvalue weighted by molar-refractivity contribution is 5.93. The summed E-state index contributed by atoms with van der Waals surface area (Å²) in [5.74, 6) is 0.589. The van der Waals surface area contributed by atoms with E-state index in [1.807, 2.05) is 0 Å². The molecule has 114 valence electrons. The summed E-state index contributed by atoms with van der Waals surface area (Å²) in [5, 5.41) is 2.84. The minimum Gasteiger partial charge on any atom is -0.370 e. The van der Waals surface area contributed by atoms with Crippen LogP contribution in [0.15, 0.2) is 36.9 Å². The molecule has 1 atom stereocenters. The zero-order valence-electron chi connectivity index (χ0n) is 12.2. The minimum absolute atomic E-state index is 0.00853. The number of ether oxygens (including phenoxy) is 1. The van der Waals surface area contributed by atoms with Gasteiger partial charge in [0.1, 0.15) is 6.10 Å². The van der Waals surface area contributed by atoms with E-state index in [2.05, 4.69) is 20.3 Å². The second kappa shape index (κ2) is 7.09. The summed E-state index contributed by atoms with van der Waals surface area (Å²) in [6.07, 6.45) is 9.91. The third kappa shape index (κ3) is 3.65. The largest absolute Gasteiger partial charge is 0.370 e. The Balaban J connectivity index is 1.56. The van der Waals surface area contributed by atoms with Gasteiger partial charge in [-0.05, 0) is 31.4 Å². The third-order valence-electron chi connectivity index (χ3n) is 3.59. The first kappa shape index (κ1) is 14.6. The Bertz CT molecular complexity index is 610. The van der Waals surface area contributed by atoms with Gasteiger partial charge in [-0.2, -0.15) is 0 Å². The molecular weight excluding hydrogens is 280 g/mol. The van der Waals surface area contributed by atoms with E-state index < -0.39 is 0 Å². The van der Waals surface area contributed by atoms with E-state index in [1.165, 1.54) is 0 Å². The van der Waals surface area contributed by atoms with Crippen molar-refractivity contribution in [3.63, 3.8) is 0 Å². The van der Waals surface area contributed by atoms with E-state index >= 15 is 0 Å². The maximum absolute atomic E-state index is 11.9. The first-order chi connectivity index (χ1) is 10.8. The number of carbonyl (C=O) groups excluding carboxylic acids is 1. The molecule has 1 N–H and O–H groups in total. The van der Waals surface area contributed by atoms with Gasteiger partial charge in [-0.3, -0.25) is 9.78 Å². The van der Waals surface area contributed by atoms with Crippen LogP contribution < -0.4 is 5.32 Å². The second-order valence-corrected chi connectivity index (χ2v) is 5.22. The molecule has 3 heterocycles. The molecule has 3 rings (SSSR count). The number of aromatic nitrogens is 3. The van der Waals surface area contributed by atoms with Crippen LogP contribution in [0.1, 0.15) is 47.1 Å². The van der Waals surface area contributed by atoms with Crippen LogP contribution in [-0.2, 0) is 11.3 Å². The fourth-order valence-corrected chi connectivity index (χ4v) is 2.35. The normalized spacial score (nSPS) is 17.9. The fourth-order valence-electron chi connectivity index (χ4n) is 2.35. The molecule has 1 amide bonds. The van der Waals surface area contributed by atoms with Crippen molar-refractivity contribution in [3.8, 4) is 0 Å². The van der Waals surface area contributed by atoms with Crippen LogP contribution in [0.4, 0.5) is 0 Å². The summed E-state index contributed by atoms with van der Waals surface area (Å²) in [4.78, 5) is 24.5. The van der Waals surface area contributed by atoms with Crippen LogP contribution in [0.5, 0.6) is 0 Å². The molecular formula is C16H18N4O2. The zero-order valence-corrected chi connectivity index (χ0v) is 12.2. The molecule has 6 heteroatoms. The van der Waals surface area contributed by atoms with Crippen molar-refractivity contribution in [1.29, 1.82) is 0 Å². The molecule has 0 radical (unpaired) electrons. The molecule has 0 unspecified atom stereocenters. The average Bonchev–Trinajstić information content (AvgIpc) is 2.61. The summed E-state index contributed by atoms with van der Waals surface area (Å²) >= 11 is 0. The topological polar surface area (TPSA) is 77.0 Å². The molecule has 6 nitrogen and oxygen atoms in total. The standard InChI is InChI=1S/C16H18N4O2/c21-16(13-4-6-17-7-5-13)20-11-12-9-18-15(19-10-12)14-3-1-2-8-22-14/h4-7,9-10,14H,1-3,8,11H2,(H,20,21)/t14-/m0/s1. The van der Waals surface area contributed by atoms with Gasteiger partial charge in [0.2, 0.25) is 0 Å². The van der Waals surface area contributed by atoms with Crippen molar-refractivity contribution in [3.05, 3.63) is 53.9 Å². The lowest BCUT2D eigenvalue weighted by Gasteiger charge is -2.21. The van der Waals surface area contributed by atoms with Crippen LogP contribution in [0.3, 0.4) is 0 Å². The fraction of sp³-hybridized carbons (Fsp3) is 0.375. The number of hydrogen-bond acceptors (Lipinski definition) is 5. The Kier molecular flexibility index (Phi) is 4.70. The molecule has 0 spiro atoms. The Labute approximate surface area is 129 Å². The monoisotopic (exact) mass is 298 g/mol. The van der Waals surface area contributed by atoms with Crippen molar-refractivity contribution in [2.24, 2.45) is 0 Å². The molecule has 1 saturated heterocycles. The van der Waals surface area contributed by atoms with Gasteiger partial charge in [-0.15, -0.1) is 0 Å². The average molecular weight is 298 g/mol. The van der Waals surface area contributed by atoms with Gasteiger partial charge in [0.05, 0.1) is 0 Å². The Morgan fingerprint density at radius 2 is 2.00 bits per heavy atom. The van der Waals surface area contributed by atoms with Crippen LogP contribution in [-0.4, -0.2) is 27.5 Å². The van der Waals surface area contributed by atoms with E-state index in [-0.39, 0.29) is 12.0 Å². The van der Waals surface area contributed by atoms with Crippen LogP contribution in [0.25, 0.3) is 0 Å². The van der Waals surface area contributed by atoms with Gasteiger partial charge < -0.3 is 10.1 Å². The van der Waals surface area contributed by atoms with Gasteiger partial charge in [0, 0.05) is 49.1 Å².